The van der Waals surface area contributed by atoms with Gasteiger partial charge < -0.3 is 18.7 Å². The average molecular weight is 1510 g/mol. The van der Waals surface area contributed by atoms with Gasteiger partial charge in [-0.2, -0.15) is 0 Å². The van der Waals surface area contributed by atoms with Crippen LogP contribution >= 0.6 is 15.9 Å². The lowest BCUT2D eigenvalue weighted by atomic mass is 10.0. The molecule has 0 aliphatic carbocycles. The lowest BCUT2D eigenvalue weighted by Gasteiger charge is -2.12. The summed E-state index contributed by atoms with van der Waals surface area (Å²) >= 11 is 3.49. The minimum atomic E-state index is 0. The van der Waals surface area contributed by atoms with Crippen LogP contribution in [-0.2, 0) is 0 Å². The molecule has 112 heavy (non-hydrogen) atoms. The highest BCUT2D eigenvalue weighted by molar-refractivity contribution is 9.10. The number of fused-ring (bicyclic) bond motifs is 14. The van der Waals surface area contributed by atoms with E-state index in [2.05, 4.69) is 338 Å². The Morgan fingerprint density at radius 2 is 0.455 bits per heavy atom. The Hall–Kier alpha value is -14.1. The summed E-state index contributed by atoms with van der Waals surface area (Å²) in [6.45, 7) is 0. The first-order valence-corrected chi connectivity index (χ1v) is 37.5. The zero-order valence-corrected chi connectivity index (χ0v) is 60.5. The molecule has 0 saturated heterocycles. The molecule has 1 N–H and O–H groups in total. The van der Waals surface area contributed by atoms with Crippen molar-refractivity contribution in [1.82, 2.24) is 38.6 Å². The molecule has 0 aliphatic heterocycles. The molecule has 22 aromatic rings. The highest BCUT2D eigenvalue weighted by atomic mass is 79.9. The zero-order chi connectivity index (χ0) is 72.3. The number of hydrogen-bond donors (Lipinski definition) is 1. The van der Waals surface area contributed by atoms with E-state index in [9.17, 15) is 0 Å². The van der Waals surface area contributed by atoms with Crippen LogP contribution in [0.1, 0.15) is 22.3 Å². The molecule has 0 aliphatic rings. The number of hydrogen-bond acceptors (Lipinski definition) is 4. The molecule has 6 heterocycles. The Labute approximate surface area is 658 Å². The maximum Gasteiger partial charge on any atom is 0.0973 e. The minimum absolute atomic E-state index is 0. The second-order valence-electron chi connectivity index (χ2n) is 27.5. The summed E-state index contributed by atoms with van der Waals surface area (Å²) in [6, 6.07) is 137. The summed E-state index contributed by atoms with van der Waals surface area (Å²) in [7, 11) is 0. The smallest absolute Gasteiger partial charge is 0.0973 e. The van der Waals surface area contributed by atoms with Crippen molar-refractivity contribution in [3.05, 3.63) is 393 Å². The standard InChI is InChI=1S/C50H32N4.C30H20N2.C20H13BrN2.3CH4/c1-3-13-33(14-4-1)49-50(52-44-20-10-9-19-43(44)51-49)34-23-27-38(28-24-34)54-46-22-12-8-18-40(46)42-32-36(26-30-48(42)54)35-25-29-47-41(31-35)39-17-7-11-21-45(39)53(47)37-15-5-2-6-16-37;1-2-8-22(9-3-1)32-29-13-7-5-11-24(29)26-19-21(15-17-30(26)32)20-14-16-28-25(18-20)23-10-4-6-12-27(23)31-28;21-16-12-10-15(11-13-16)20-19(14-6-2-1-3-7-14)22-17-8-4-5-9-18(17)23-20;;;/h1-32H;1-19,31H;1-13H;3*1H4. The molecule has 22 rings (SSSR count). The van der Waals surface area contributed by atoms with Gasteiger partial charge in [0.15, 0.2) is 0 Å². The molecular formula is C103H77BrN8. The second-order valence-corrected chi connectivity index (χ2v) is 28.4. The fourth-order valence-corrected chi connectivity index (χ4v) is 16.1. The Morgan fingerprint density at radius 3 is 0.839 bits per heavy atom. The van der Waals surface area contributed by atoms with Crippen LogP contribution in [0.5, 0.6) is 0 Å². The van der Waals surface area contributed by atoms with Crippen LogP contribution in [0.2, 0.25) is 0 Å². The SMILES string of the molecule is Brc1ccc(-c2nc3ccccc3nc2-c2ccccc2)cc1.C.C.C.c1ccc(-c2nc3ccccc3nc2-c2ccc(-n3c4ccccc4c4cc(-c5ccc6c(c5)c5ccccc5n6-c5ccccc5)ccc43)cc2)cc1.c1ccc(-n2c3ccccc3c3cc(-c4ccc5[nH]c6ccccc6c5c4)ccc32)cc1. The number of benzene rings is 16. The van der Waals surface area contributed by atoms with Crippen LogP contribution in [-0.4, -0.2) is 38.6 Å². The molecular weight excluding hydrogens is 1430 g/mol. The summed E-state index contributed by atoms with van der Waals surface area (Å²) in [5.41, 5.74) is 29.3. The molecule has 0 unspecified atom stereocenters. The second kappa shape index (κ2) is 30.1. The molecule has 0 spiro atoms. The lowest BCUT2D eigenvalue weighted by Crippen LogP contribution is -1.97. The Bertz CT molecular complexity index is 7210. The molecule has 0 fully saturated rings. The normalized spacial score (nSPS) is 11.2. The third-order valence-electron chi connectivity index (χ3n) is 21.0. The number of H-pyrrole nitrogens is 1. The average Bonchev–Trinajstić information content (AvgIpc) is 1.58. The van der Waals surface area contributed by atoms with Crippen molar-refractivity contribution in [2.24, 2.45) is 0 Å². The van der Waals surface area contributed by atoms with Gasteiger partial charge in [0.2, 0.25) is 0 Å². The van der Waals surface area contributed by atoms with Gasteiger partial charge >= 0.3 is 0 Å². The highest BCUT2D eigenvalue weighted by Gasteiger charge is 2.21. The molecule has 0 atom stereocenters. The quantitative estimate of drug-likeness (QED) is 0.156. The number of rotatable bonds is 9. The largest absolute Gasteiger partial charge is 0.355 e. The summed E-state index contributed by atoms with van der Waals surface area (Å²) in [6.07, 6.45) is 0. The number of aromatic nitrogens is 8. The van der Waals surface area contributed by atoms with Gasteiger partial charge in [0.25, 0.3) is 0 Å². The molecule has 9 heteroatoms. The number of para-hydroxylation sites is 10. The fraction of sp³-hybridized carbons (Fsp3) is 0.0291. The van der Waals surface area contributed by atoms with Crippen LogP contribution in [0.3, 0.4) is 0 Å². The van der Waals surface area contributed by atoms with E-state index in [4.69, 9.17) is 19.9 Å². The van der Waals surface area contributed by atoms with Gasteiger partial charge in [-0.15, -0.1) is 0 Å². The number of nitrogens with one attached hydrogen (secondary N) is 1. The predicted molar refractivity (Wildman–Crippen MR) is 478 cm³/mol. The van der Waals surface area contributed by atoms with Gasteiger partial charge in [0, 0.05) is 97.9 Å². The van der Waals surface area contributed by atoms with E-state index < -0.39 is 0 Å². The zero-order valence-electron chi connectivity index (χ0n) is 59.0. The van der Waals surface area contributed by atoms with Gasteiger partial charge in [-0.05, 0) is 168 Å². The molecule has 0 saturated carbocycles. The van der Waals surface area contributed by atoms with Gasteiger partial charge in [-0.25, -0.2) is 19.9 Å². The maximum absolute atomic E-state index is 5.13. The van der Waals surface area contributed by atoms with Crippen molar-refractivity contribution in [1.29, 1.82) is 0 Å². The third-order valence-corrected chi connectivity index (χ3v) is 21.5. The lowest BCUT2D eigenvalue weighted by molar-refractivity contribution is 1.18. The molecule has 0 radical (unpaired) electrons. The van der Waals surface area contributed by atoms with Crippen molar-refractivity contribution in [2.75, 3.05) is 0 Å². The van der Waals surface area contributed by atoms with E-state index in [1.54, 1.807) is 0 Å². The number of aromatic amines is 1. The van der Waals surface area contributed by atoms with Crippen LogP contribution in [0.4, 0.5) is 0 Å². The van der Waals surface area contributed by atoms with Crippen LogP contribution in [0.25, 0.3) is 194 Å². The van der Waals surface area contributed by atoms with Crippen molar-refractivity contribution in [2.45, 2.75) is 22.3 Å². The fourth-order valence-electron chi connectivity index (χ4n) is 15.8. The van der Waals surface area contributed by atoms with E-state index in [1.807, 2.05) is 84.9 Å². The monoisotopic (exact) mass is 1500 g/mol. The Balaban J connectivity index is 0.000000133. The number of halogens is 1. The maximum atomic E-state index is 5.13. The predicted octanol–water partition coefficient (Wildman–Crippen LogP) is 28.5. The van der Waals surface area contributed by atoms with Crippen molar-refractivity contribution < 1.29 is 0 Å². The Kier molecular flexibility index (Phi) is 19.1. The summed E-state index contributed by atoms with van der Waals surface area (Å²) < 4.78 is 8.15. The van der Waals surface area contributed by atoms with Crippen molar-refractivity contribution in [3.8, 4) is 84.3 Å². The van der Waals surface area contributed by atoms with Gasteiger partial charge in [0.05, 0.1) is 77.9 Å². The van der Waals surface area contributed by atoms with Gasteiger partial charge in [-0.1, -0.05) is 281 Å². The first-order chi connectivity index (χ1) is 54.0. The number of nitrogens with zero attached hydrogens (tertiary/aromatic N) is 7. The van der Waals surface area contributed by atoms with E-state index in [0.717, 1.165) is 77.3 Å². The van der Waals surface area contributed by atoms with Crippen molar-refractivity contribution in [3.63, 3.8) is 0 Å². The Morgan fingerprint density at radius 1 is 0.196 bits per heavy atom. The van der Waals surface area contributed by atoms with Crippen molar-refractivity contribution >= 4 is 125 Å². The first kappa shape index (κ1) is 70.8. The summed E-state index contributed by atoms with van der Waals surface area (Å²) in [4.78, 5) is 23.5. The molecule has 0 bridgehead atoms. The van der Waals surface area contributed by atoms with E-state index in [0.29, 0.717) is 0 Å². The molecule has 0 amide bonds. The van der Waals surface area contributed by atoms with E-state index in [1.165, 1.54) is 121 Å². The van der Waals surface area contributed by atoms with Crippen LogP contribution in [0.15, 0.2) is 393 Å². The van der Waals surface area contributed by atoms with E-state index in [-0.39, 0.29) is 22.3 Å². The van der Waals surface area contributed by atoms with Crippen LogP contribution < -0.4 is 0 Å². The topological polar surface area (TPSA) is 82.1 Å². The molecule has 16 aromatic carbocycles. The molecule has 8 nitrogen and oxygen atoms in total. The molecule has 536 valence electrons. The first-order valence-electron chi connectivity index (χ1n) is 36.7. The minimum Gasteiger partial charge on any atom is -0.355 e. The highest BCUT2D eigenvalue weighted by Crippen LogP contribution is 2.42. The molecule has 6 aromatic heterocycles. The summed E-state index contributed by atoms with van der Waals surface area (Å²) in [5.74, 6) is 0. The van der Waals surface area contributed by atoms with E-state index >= 15 is 0 Å². The summed E-state index contributed by atoms with van der Waals surface area (Å²) in [5, 5.41) is 10.1. The van der Waals surface area contributed by atoms with Crippen LogP contribution in [0, 0.1) is 0 Å². The van der Waals surface area contributed by atoms with Gasteiger partial charge in [0.1, 0.15) is 0 Å². The van der Waals surface area contributed by atoms with Gasteiger partial charge in [-0.3, -0.25) is 0 Å². The third kappa shape index (κ3) is 12.8.